The van der Waals surface area contributed by atoms with E-state index in [1.807, 2.05) is 19.9 Å². The Morgan fingerprint density at radius 2 is 1.91 bits per heavy atom. The minimum atomic E-state index is -1.25. The van der Waals surface area contributed by atoms with Crippen LogP contribution >= 0.6 is 0 Å². The highest BCUT2D eigenvalue weighted by Gasteiger charge is 2.08. The van der Waals surface area contributed by atoms with Crippen molar-refractivity contribution in [2.24, 2.45) is 5.92 Å². The maximum Gasteiger partial charge on any atom is 0.126 e. The standard InChI is InChI=1S/C9H9N.C5H7O2.C4H9O/c1-2-6-9-8(4-1)5-3-7-10-9;1-5(2,7)3-4-6;1-4(2)3-5/h1-6,10H,7H2;3H,1-2H3;4H,3H2,1-2H3. The number of anilines is 1. The molecule has 0 aliphatic carbocycles. The smallest absolute Gasteiger partial charge is 0.126 e. The first-order valence-electron chi connectivity index (χ1n) is 7.30. The molecule has 0 bridgehead atoms. The molecule has 1 heterocycles. The van der Waals surface area contributed by atoms with E-state index in [-0.39, 0.29) is 6.61 Å². The number of nitrogens with one attached hydrogen (secondary N) is 1. The fourth-order valence-corrected chi connectivity index (χ4v) is 1.30. The predicted molar refractivity (Wildman–Crippen MR) is 89.4 cm³/mol. The second-order valence-corrected chi connectivity index (χ2v) is 5.80. The monoisotopic (exact) mass is 303 g/mol. The maximum absolute atomic E-state index is 10.4. The van der Waals surface area contributed by atoms with E-state index in [9.17, 15) is 15.0 Å². The normalized spacial score (nSPS) is 11.8. The summed E-state index contributed by atoms with van der Waals surface area (Å²) in [6.07, 6.45) is 5.22. The van der Waals surface area contributed by atoms with Crippen molar-refractivity contribution in [1.29, 1.82) is 0 Å². The summed E-state index contributed by atoms with van der Waals surface area (Å²) in [6.45, 7) is 7.63. The van der Waals surface area contributed by atoms with Crippen molar-refractivity contribution in [3.8, 4) is 0 Å². The molecule has 0 aromatic heterocycles. The third kappa shape index (κ3) is 10.9. The van der Waals surface area contributed by atoms with Crippen molar-refractivity contribution in [3.63, 3.8) is 0 Å². The van der Waals surface area contributed by atoms with Crippen molar-refractivity contribution in [1.82, 2.24) is 0 Å². The van der Waals surface area contributed by atoms with Gasteiger partial charge in [-0.05, 0) is 31.4 Å². The van der Waals surface area contributed by atoms with Crippen molar-refractivity contribution < 1.29 is 15.0 Å². The van der Waals surface area contributed by atoms with Gasteiger partial charge < -0.3 is 5.32 Å². The lowest BCUT2D eigenvalue weighted by atomic mass is 10.1. The molecule has 1 aliphatic heterocycles. The van der Waals surface area contributed by atoms with Gasteiger partial charge in [0.05, 0.1) is 6.61 Å². The van der Waals surface area contributed by atoms with Crippen LogP contribution in [0.2, 0.25) is 0 Å². The molecule has 0 amide bonds. The van der Waals surface area contributed by atoms with Crippen molar-refractivity contribution in [3.05, 3.63) is 42.0 Å². The minimum Gasteiger partial charge on any atom is -0.381 e. The summed E-state index contributed by atoms with van der Waals surface area (Å²) in [5.41, 5.74) is 1.28. The molecule has 1 aromatic rings. The zero-order chi connectivity index (χ0) is 17.0. The van der Waals surface area contributed by atoms with E-state index >= 15 is 0 Å². The van der Waals surface area contributed by atoms with Gasteiger partial charge in [-0.15, -0.1) is 0 Å². The van der Waals surface area contributed by atoms with Gasteiger partial charge in [-0.25, -0.2) is 15.0 Å². The summed E-state index contributed by atoms with van der Waals surface area (Å²) in [6, 6.07) is 8.30. The number of rotatable bonds is 2. The molecule has 4 heteroatoms. The number of hydrogen-bond acceptors (Lipinski definition) is 2. The van der Waals surface area contributed by atoms with E-state index in [1.165, 1.54) is 31.0 Å². The van der Waals surface area contributed by atoms with Gasteiger partial charge in [0.1, 0.15) is 11.5 Å². The summed E-state index contributed by atoms with van der Waals surface area (Å²) in [5.74, 6) is 1.75. The molecule has 2 radical (unpaired) electrons. The van der Waals surface area contributed by atoms with Crippen LogP contribution in [0.25, 0.3) is 6.08 Å². The molecule has 120 valence electrons. The van der Waals surface area contributed by atoms with Crippen molar-refractivity contribution in [2.75, 3.05) is 18.5 Å². The van der Waals surface area contributed by atoms with Crippen LogP contribution in [0, 0.1) is 5.92 Å². The molecular formula is C18H25NO3. The second-order valence-electron chi connectivity index (χ2n) is 5.80. The molecule has 2 rings (SSSR count). The Morgan fingerprint density at radius 3 is 2.32 bits per heavy atom. The van der Waals surface area contributed by atoms with E-state index in [2.05, 4.69) is 35.7 Å². The number of para-hydroxylation sites is 1. The van der Waals surface area contributed by atoms with Gasteiger partial charge in [0, 0.05) is 18.3 Å². The first-order valence-corrected chi connectivity index (χ1v) is 7.30. The minimum absolute atomic E-state index is 0.0556. The van der Waals surface area contributed by atoms with E-state index in [0.29, 0.717) is 5.92 Å². The summed E-state index contributed by atoms with van der Waals surface area (Å²) >= 11 is 0. The van der Waals surface area contributed by atoms with Crippen LogP contribution in [0.3, 0.4) is 0 Å². The van der Waals surface area contributed by atoms with E-state index in [4.69, 9.17) is 0 Å². The Kier molecular flexibility index (Phi) is 9.88. The largest absolute Gasteiger partial charge is 0.381 e. The molecule has 22 heavy (non-hydrogen) atoms. The Labute approximate surface area is 133 Å². The van der Waals surface area contributed by atoms with Gasteiger partial charge in [-0.1, -0.05) is 44.2 Å². The molecular weight excluding hydrogens is 278 g/mol. The Morgan fingerprint density at radius 1 is 1.32 bits per heavy atom. The Hall–Kier alpha value is -1.87. The average Bonchev–Trinajstić information content (AvgIpc) is 2.47. The Balaban J connectivity index is 0.000000326. The van der Waals surface area contributed by atoms with E-state index < -0.39 is 5.60 Å². The summed E-state index contributed by atoms with van der Waals surface area (Å²) < 4.78 is 0. The molecule has 4 nitrogen and oxygen atoms in total. The first kappa shape index (κ1) is 20.1. The fourth-order valence-electron chi connectivity index (χ4n) is 1.30. The molecule has 0 spiro atoms. The van der Waals surface area contributed by atoms with Gasteiger partial charge in [-0.2, -0.15) is 0 Å². The highest BCUT2D eigenvalue weighted by Crippen LogP contribution is 2.18. The van der Waals surface area contributed by atoms with Gasteiger partial charge in [0.2, 0.25) is 0 Å². The predicted octanol–water partition coefficient (Wildman–Crippen LogP) is 3.78. The third-order valence-electron chi connectivity index (χ3n) is 2.41. The fraction of sp³-hybridized carbons (Fsp3) is 0.444. The number of benzene rings is 1. The third-order valence-corrected chi connectivity index (χ3v) is 2.41. The van der Waals surface area contributed by atoms with Crippen LogP contribution in [0.5, 0.6) is 0 Å². The van der Waals surface area contributed by atoms with Crippen molar-refractivity contribution >= 4 is 17.7 Å². The zero-order valence-electron chi connectivity index (χ0n) is 13.8. The lowest BCUT2D eigenvalue weighted by molar-refractivity contribution is 0.0499. The van der Waals surface area contributed by atoms with Gasteiger partial charge in [0.25, 0.3) is 0 Å². The Bertz CT molecular complexity index is 495. The number of hydrogen-bond donors (Lipinski definition) is 1. The lowest BCUT2D eigenvalue weighted by Gasteiger charge is -2.11. The topological polar surface area (TPSA) is 68.9 Å². The van der Waals surface area contributed by atoms with Gasteiger partial charge in [-0.3, -0.25) is 0 Å². The maximum atomic E-state index is 10.4. The van der Waals surface area contributed by atoms with Gasteiger partial charge in [0.15, 0.2) is 0 Å². The molecule has 1 aromatic carbocycles. The van der Waals surface area contributed by atoms with Crippen molar-refractivity contribution in [2.45, 2.75) is 33.3 Å². The number of carbonyl (C=O) groups excluding carboxylic acids is 1. The van der Waals surface area contributed by atoms with Gasteiger partial charge >= 0.3 is 0 Å². The van der Waals surface area contributed by atoms with E-state index in [0.717, 1.165) is 12.6 Å². The van der Waals surface area contributed by atoms with Crippen LogP contribution in [0.15, 0.2) is 36.4 Å². The SMILES string of the molecule is C1=Cc2ccccc2NC1.CC(C)([O])C=C=O.CC(C)C[O]. The second kappa shape index (κ2) is 10.8. The summed E-state index contributed by atoms with van der Waals surface area (Å²) in [5, 5.41) is 23.3. The van der Waals surface area contributed by atoms with Crippen LogP contribution in [0.1, 0.15) is 33.3 Å². The number of fused-ring (bicyclic) bond motifs is 1. The zero-order valence-corrected chi connectivity index (χ0v) is 13.8. The molecule has 0 atom stereocenters. The quantitative estimate of drug-likeness (QED) is 0.845. The lowest BCUT2D eigenvalue weighted by Crippen LogP contribution is -2.11. The molecule has 0 unspecified atom stereocenters. The molecule has 0 fully saturated rings. The summed E-state index contributed by atoms with van der Waals surface area (Å²) in [4.78, 5) is 9.44. The highest BCUT2D eigenvalue weighted by atomic mass is 16.3. The first-order chi connectivity index (χ1) is 10.3. The van der Waals surface area contributed by atoms with Crippen LogP contribution in [0.4, 0.5) is 5.69 Å². The van der Waals surface area contributed by atoms with Crippen LogP contribution in [-0.4, -0.2) is 24.7 Å². The average molecular weight is 303 g/mol. The highest BCUT2D eigenvalue weighted by molar-refractivity contribution is 5.69. The van der Waals surface area contributed by atoms with Crippen LogP contribution in [-0.2, 0) is 15.0 Å². The molecule has 1 N–H and O–H groups in total. The van der Waals surface area contributed by atoms with Crippen LogP contribution < -0.4 is 5.32 Å². The molecule has 0 saturated carbocycles. The summed E-state index contributed by atoms with van der Waals surface area (Å²) in [7, 11) is 0. The molecule has 1 aliphatic rings. The van der Waals surface area contributed by atoms with E-state index in [1.54, 1.807) is 0 Å². The molecule has 0 saturated heterocycles.